The van der Waals surface area contributed by atoms with Gasteiger partial charge in [0.05, 0.1) is 27.1 Å². The third-order valence-corrected chi connectivity index (χ3v) is 11.1. The average Bonchev–Trinajstić information content (AvgIpc) is 3.57. The van der Waals surface area contributed by atoms with E-state index in [2.05, 4.69) is 15.3 Å². The summed E-state index contributed by atoms with van der Waals surface area (Å²) in [5.74, 6) is -5.89. The summed E-state index contributed by atoms with van der Waals surface area (Å²) in [7, 11) is -4.07. The van der Waals surface area contributed by atoms with Crippen LogP contribution < -0.4 is 5.32 Å². The van der Waals surface area contributed by atoms with Crippen molar-refractivity contribution < 1.29 is 31.5 Å². The number of sulfone groups is 1. The Kier molecular flexibility index (Phi) is 7.15. The number of rotatable bonds is 6. The number of benzene rings is 3. The van der Waals surface area contributed by atoms with E-state index in [0.717, 1.165) is 17.3 Å². The van der Waals surface area contributed by atoms with E-state index in [9.17, 15) is 31.5 Å². The van der Waals surface area contributed by atoms with Gasteiger partial charge in [0, 0.05) is 23.4 Å². The molecule has 2 aliphatic rings. The zero-order valence-electron chi connectivity index (χ0n) is 22.0. The Bertz CT molecular complexity index is 1760. The SMILES string of the molecule is O=C(Nc1cc(F)c(F)c(F)c1)c1ccc(Cl)c(S(=O)(=O)C2C3CC[C@@H]2CC(O)(c2ncc(-c4ccccc4)[nH]2)C3)c1. The molecule has 3 N–H and O–H groups in total. The summed E-state index contributed by atoms with van der Waals surface area (Å²) in [5, 5.41) is 13.0. The van der Waals surface area contributed by atoms with E-state index in [1.54, 1.807) is 6.20 Å². The van der Waals surface area contributed by atoms with Gasteiger partial charge in [0.15, 0.2) is 27.3 Å². The highest BCUT2D eigenvalue weighted by molar-refractivity contribution is 7.92. The number of halogens is 4. The highest BCUT2D eigenvalue weighted by Gasteiger charge is 2.55. The van der Waals surface area contributed by atoms with E-state index >= 15 is 0 Å². The van der Waals surface area contributed by atoms with Gasteiger partial charge < -0.3 is 15.4 Å². The molecule has 0 radical (unpaired) electrons. The summed E-state index contributed by atoms with van der Waals surface area (Å²) in [5.41, 5.74) is -0.141. The maximum atomic E-state index is 14.0. The molecule has 0 spiro atoms. The predicted molar refractivity (Wildman–Crippen MR) is 150 cm³/mol. The van der Waals surface area contributed by atoms with Gasteiger partial charge >= 0.3 is 0 Å². The summed E-state index contributed by atoms with van der Waals surface area (Å²) < 4.78 is 68.5. The second-order valence-corrected chi connectivity index (χ2v) is 13.4. The number of aromatic amines is 1. The molecule has 42 heavy (non-hydrogen) atoms. The van der Waals surface area contributed by atoms with Crippen molar-refractivity contribution in [2.45, 2.75) is 41.4 Å². The molecule has 2 saturated carbocycles. The molecule has 4 atom stereocenters. The lowest BCUT2D eigenvalue weighted by Crippen LogP contribution is -2.45. The van der Waals surface area contributed by atoms with Gasteiger partial charge in [-0.25, -0.2) is 26.6 Å². The number of imidazole rings is 1. The number of hydrogen-bond acceptors (Lipinski definition) is 5. The molecule has 3 aromatic carbocycles. The standard InChI is InChI=1S/C30H25ClF3N3O4S/c31-21-9-8-17(28(38)36-20-11-22(32)26(34)23(33)12-20)10-25(21)42(40,41)27-18-6-7-19(27)14-30(39,13-18)29-35-15-24(37-29)16-4-2-1-3-5-16/h1-5,8-12,15,18-19,27,39H,6-7,13-14H2,(H,35,37)(H,36,38)/t18-,19?,27?,30?/m1/s1. The van der Waals surface area contributed by atoms with Gasteiger partial charge in [-0.2, -0.15) is 0 Å². The van der Waals surface area contributed by atoms with E-state index in [-0.39, 0.29) is 45.8 Å². The maximum absolute atomic E-state index is 14.0. The number of H-pyrrole nitrogens is 1. The van der Waals surface area contributed by atoms with Gasteiger partial charge in [0.2, 0.25) is 0 Å². The molecule has 6 rings (SSSR count). The predicted octanol–water partition coefficient (Wildman–Crippen LogP) is 6.25. The second kappa shape index (κ2) is 10.6. The first kappa shape index (κ1) is 28.4. The van der Waals surface area contributed by atoms with E-state index in [1.165, 1.54) is 12.1 Å². The number of aromatic nitrogens is 2. The number of anilines is 1. The van der Waals surface area contributed by atoms with Crippen LogP contribution in [-0.4, -0.2) is 34.6 Å². The zero-order chi connectivity index (χ0) is 29.8. The quantitative estimate of drug-likeness (QED) is 0.222. The van der Waals surface area contributed by atoms with E-state index < -0.39 is 44.0 Å². The third kappa shape index (κ3) is 4.99. The van der Waals surface area contributed by atoms with Crippen molar-refractivity contribution in [2.75, 3.05) is 5.32 Å². The summed E-state index contributed by atoms with van der Waals surface area (Å²) in [6.07, 6.45) is 3.17. The number of carbonyl (C=O) groups is 1. The number of aliphatic hydroxyl groups is 1. The normalized spacial score (nSPS) is 23.6. The summed E-state index contributed by atoms with van der Waals surface area (Å²) in [4.78, 5) is 20.2. The molecule has 3 unspecified atom stereocenters. The van der Waals surface area contributed by atoms with Crippen LogP contribution in [0, 0.1) is 29.3 Å². The topological polar surface area (TPSA) is 112 Å². The lowest BCUT2D eigenvalue weighted by atomic mass is 9.76. The second-order valence-electron chi connectivity index (χ2n) is 10.9. The van der Waals surface area contributed by atoms with Crippen molar-refractivity contribution in [3.05, 3.63) is 101 Å². The average molecular weight is 616 g/mol. The molecule has 4 aromatic rings. The number of fused-ring (bicyclic) bond motifs is 2. The molecular weight excluding hydrogens is 591 g/mol. The van der Waals surface area contributed by atoms with E-state index in [0.29, 0.717) is 30.8 Å². The van der Waals surface area contributed by atoms with Crippen LogP contribution in [0.15, 0.2) is 71.8 Å². The monoisotopic (exact) mass is 615 g/mol. The van der Waals surface area contributed by atoms with E-state index in [4.69, 9.17) is 11.6 Å². The number of nitrogens with one attached hydrogen (secondary N) is 2. The molecule has 2 aliphatic carbocycles. The Hall–Kier alpha value is -3.67. The minimum Gasteiger partial charge on any atom is -0.382 e. The van der Waals surface area contributed by atoms with Gasteiger partial charge in [-0.05, 0) is 61.3 Å². The third-order valence-electron chi connectivity index (χ3n) is 8.24. The highest BCUT2D eigenvalue weighted by atomic mass is 35.5. The van der Waals surface area contributed by atoms with Gasteiger partial charge in [-0.3, -0.25) is 4.79 Å². The van der Waals surface area contributed by atoms with Crippen LogP contribution in [0.3, 0.4) is 0 Å². The zero-order valence-corrected chi connectivity index (χ0v) is 23.5. The Morgan fingerprint density at radius 3 is 2.29 bits per heavy atom. The summed E-state index contributed by atoms with van der Waals surface area (Å²) in [6.45, 7) is 0. The summed E-state index contributed by atoms with van der Waals surface area (Å²) in [6, 6.07) is 14.4. The minimum atomic E-state index is -4.07. The molecule has 1 amide bonds. The molecule has 0 aliphatic heterocycles. The van der Waals surface area contributed by atoms with Crippen molar-refractivity contribution in [1.29, 1.82) is 0 Å². The van der Waals surface area contributed by atoms with Crippen molar-refractivity contribution in [3.8, 4) is 11.3 Å². The summed E-state index contributed by atoms with van der Waals surface area (Å²) >= 11 is 6.34. The van der Waals surface area contributed by atoms with Crippen LogP contribution in [-0.2, 0) is 15.4 Å². The highest BCUT2D eigenvalue weighted by Crippen LogP contribution is 2.54. The van der Waals surface area contributed by atoms with Gasteiger partial charge in [0.1, 0.15) is 11.4 Å². The lowest BCUT2D eigenvalue weighted by molar-refractivity contribution is -0.0309. The first-order valence-electron chi connectivity index (χ1n) is 13.3. The number of hydrogen-bond donors (Lipinski definition) is 3. The van der Waals surface area contributed by atoms with Crippen LogP contribution in [0.4, 0.5) is 18.9 Å². The van der Waals surface area contributed by atoms with Crippen LogP contribution in [0.2, 0.25) is 5.02 Å². The van der Waals surface area contributed by atoms with Crippen molar-refractivity contribution >= 4 is 33.0 Å². The van der Waals surface area contributed by atoms with Gasteiger partial charge in [-0.15, -0.1) is 0 Å². The molecule has 7 nitrogen and oxygen atoms in total. The van der Waals surface area contributed by atoms with Crippen molar-refractivity contribution in [1.82, 2.24) is 9.97 Å². The first-order chi connectivity index (χ1) is 20.0. The number of nitrogens with zero attached hydrogens (tertiary/aromatic N) is 1. The van der Waals surface area contributed by atoms with Crippen LogP contribution in [0.5, 0.6) is 0 Å². The van der Waals surface area contributed by atoms with Gasteiger partial charge in [0.25, 0.3) is 5.91 Å². The van der Waals surface area contributed by atoms with Crippen molar-refractivity contribution in [2.24, 2.45) is 11.8 Å². The number of amides is 1. The number of carbonyl (C=O) groups excluding carboxylic acids is 1. The molecule has 1 heterocycles. The Morgan fingerprint density at radius 2 is 1.64 bits per heavy atom. The molecule has 1 aromatic heterocycles. The van der Waals surface area contributed by atoms with Crippen LogP contribution in [0.1, 0.15) is 41.9 Å². The molecule has 0 saturated heterocycles. The molecule has 2 fully saturated rings. The molecular formula is C30H25ClF3N3O4S. The fraction of sp³-hybridized carbons (Fsp3) is 0.267. The maximum Gasteiger partial charge on any atom is 0.255 e. The largest absolute Gasteiger partial charge is 0.382 e. The Morgan fingerprint density at radius 1 is 1.00 bits per heavy atom. The Balaban J connectivity index is 1.25. The molecule has 218 valence electrons. The van der Waals surface area contributed by atoms with Crippen molar-refractivity contribution in [3.63, 3.8) is 0 Å². The van der Waals surface area contributed by atoms with E-state index in [1.807, 2.05) is 30.3 Å². The molecule has 2 bridgehead atoms. The Labute approximate surface area is 244 Å². The molecule has 12 heteroatoms. The lowest BCUT2D eigenvalue weighted by Gasteiger charge is -2.39. The first-order valence-corrected chi connectivity index (χ1v) is 15.2. The minimum absolute atomic E-state index is 0.0795. The smallest absolute Gasteiger partial charge is 0.255 e. The van der Waals surface area contributed by atoms with Crippen LogP contribution in [0.25, 0.3) is 11.3 Å². The van der Waals surface area contributed by atoms with Gasteiger partial charge in [-0.1, -0.05) is 41.9 Å². The van der Waals surface area contributed by atoms with Crippen LogP contribution >= 0.6 is 11.6 Å². The fourth-order valence-corrected chi connectivity index (χ4v) is 9.23. The fourth-order valence-electron chi connectivity index (χ4n) is 6.39.